The van der Waals surface area contributed by atoms with Crippen LogP contribution in [-0.2, 0) is 22.7 Å². The first kappa shape index (κ1) is 19.1. The van der Waals surface area contributed by atoms with E-state index in [-0.39, 0.29) is 29.7 Å². The van der Waals surface area contributed by atoms with Gasteiger partial charge >= 0.3 is 0 Å². The summed E-state index contributed by atoms with van der Waals surface area (Å²) in [7, 11) is 0. The predicted octanol–water partition coefficient (Wildman–Crippen LogP) is 1.01. The number of amides is 3. The third-order valence-electron chi connectivity index (χ3n) is 6.63. The Morgan fingerprint density at radius 1 is 1.29 bits per heavy atom. The number of rotatable bonds is 4. The lowest BCUT2D eigenvalue weighted by molar-refractivity contribution is -0.136. The highest BCUT2D eigenvalue weighted by atomic mass is 16.2. The summed E-state index contributed by atoms with van der Waals surface area (Å²) < 4.78 is 0. The number of likely N-dealkylation sites (tertiary alicyclic amines) is 1. The van der Waals surface area contributed by atoms with Gasteiger partial charge in [-0.05, 0) is 36.0 Å². The van der Waals surface area contributed by atoms with Crippen molar-refractivity contribution in [1.82, 2.24) is 15.1 Å². The Labute approximate surface area is 165 Å². The van der Waals surface area contributed by atoms with Crippen molar-refractivity contribution in [3.8, 4) is 0 Å². The number of nitrogens with zero attached hydrogens (tertiary/aromatic N) is 2. The van der Waals surface area contributed by atoms with Crippen LogP contribution in [-0.4, -0.2) is 52.2 Å². The Morgan fingerprint density at radius 2 is 2.07 bits per heavy atom. The van der Waals surface area contributed by atoms with Gasteiger partial charge < -0.3 is 10.6 Å². The third-order valence-corrected chi connectivity index (χ3v) is 6.63. The average molecular weight is 384 g/mol. The first-order chi connectivity index (χ1) is 13.3. The van der Waals surface area contributed by atoms with Gasteiger partial charge in [-0.15, -0.1) is 0 Å². The van der Waals surface area contributed by atoms with Gasteiger partial charge in [-0.1, -0.05) is 26.0 Å². The first-order valence-corrected chi connectivity index (χ1v) is 10.0. The molecular formula is C21H28N4O3. The number of piperidine rings is 1. The normalized spacial score (nSPS) is 28.2. The standard InChI is InChI=1S/C21H28N4O3/c1-13(2)21(22)8-9-24(12-21)10-14-4-3-5-15-16(14)11-25(20(15)28)17-6-7-18(26)23-19(17)27/h3-5,13,17H,6-12,22H2,1-2H3,(H,23,26,27). The molecule has 0 spiro atoms. The first-order valence-electron chi connectivity index (χ1n) is 10.0. The lowest BCUT2D eigenvalue weighted by Gasteiger charge is -2.29. The summed E-state index contributed by atoms with van der Waals surface area (Å²) in [4.78, 5) is 40.6. The maximum absolute atomic E-state index is 12.9. The molecule has 2 unspecified atom stereocenters. The largest absolute Gasteiger partial charge is 0.324 e. The van der Waals surface area contributed by atoms with E-state index >= 15 is 0 Å². The van der Waals surface area contributed by atoms with E-state index in [1.54, 1.807) is 4.90 Å². The SMILES string of the molecule is CC(C)C1(N)CCN(Cc2cccc3c2CN(C2CCC(=O)NC2=O)C3=O)C1. The number of nitrogens with one attached hydrogen (secondary N) is 1. The van der Waals surface area contributed by atoms with Crippen molar-refractivity contribution in [2.24, 2.45) is 11.7 Å². The van der Waals surface area contributed by atoms with Crippen LogP contribution in [0.15, 0.2) is 18.2 Å². The zero-order valence-corrected chi connectivity index (χ0v) is 16.5. The van der Waals surface area contributed by atoms with Crippen molar-refractivity contribution in [2.75, 3.05) is 13.1 Å². The minimum absolute atomic E-state index is 0.122. The van der Waals surface area contributed by atoms with Crippen LogP contribution in [0.25, 0.3) is 0 Å². The molecule has 0 bridgehead atoms. The number of benzene rings is 1. The van der Waals surface area contributed by atoms with Crippen molar-refractivity contribution in [1.29, 1.82) is 0 Å². The number of carbonyl (C=O) groups is 3. The van der Waals surface area contributed by atoms with E-state index in [0.29, 0.717) is 24.4 Å². The van der Waals surface area contributed by atoms with Crippen molar-refractivity contribution >= 4 is 17.7 Å². The molecule has 0 radical (unpaired) electrons. The number of carbonyl (C=O) groups excluding carboxylic acids is 3. The molecule has 1 aromatic carbocycles. The molecule has 2 fully saturated rings. The highest BCUT2D eigenvalue weighted by molar-refractivity contribution is 6.05. The Kier molecular flexibility index (Phi) is 4.75. The summed E-state index contributed by atoms with van der Waals surface area (Å²) in [6, 6.07) is 5.23. The lowest BCUT2D eigenvalue weighted by Crippen LogP contribution is -2.52. The zero-order valence-electron chi connectivity index (χ0n) is 16.5. The van der Waals surface area contributed by atoms with Crippen LogP contribution in [0.1, 0.15) is 54.6 Å². The van der Waals surface area contributed by atoms with Gasteiger partial charge in [0.15, 0.2) is 0 Å². The maximum Gasteiger partial charge on any atom is 0.255 e. The Morgan fingerprint density at radius 3 is 2.75 bits per heavy atom. The van der Waals surface area contributed by atoms with Gasteiger partial charge in [-0.3, -0.25) is 24.6 Å². The van der Waals surface area contributed by atoms with Crippen LogP contribution in [0.4, 0.5) is 0 Å². The molecular weight excluding hydrogens is 356 g/mol. The number of hydrogen-bond acceptors (Lipinski definition) is 5. The maximum atomic E-state index is 12.9. The molecule has 150 valence electrons. The fourth-order valence-electron chi connectivity index (χ4n) is 4.59. The van der Waals surface area contributed by atoms with Crippen LogP contribution in [0, 0.1) is 5.92 Å². The van der Waals surface area contributed by atoms with Gasteiger partial charge in [-0.25, -0.2) is 0 Å². The van der Waals surface area contributed by atoms with E-state index in [9.17, 15) is 14.4 Å². The summed E-state index contributed by atoms with van der Waals surface area (Å²) in [5, 5.41) is 2.35. The smallest absolute Gasteiger partial charge is 0.255 e. The number of hydrogen-bond donors (Lipinski definition) is 2. The molecule has 1 aromatic rings. The Balaban J connectivity index is 1.52. The van der Waals surface area contributed by atoms with Gasteiger partial charge in [0.25, 0.3) is 5.91 Å². The van der Waals surface area contributed by atoms with Crippen molar-refractivity contribution < 1.29 is 14.4 Å². The Bertz CT molecular complexity index is 837. The van der Waals surface area contributed by atoms with Crippen LogP contribution < -0.4 is 11.1 Å². The predicted molar refractivity (Wildman–Crippen MR) is 104 cm³/mol. The van der Waals surface area contributed by atoms with Crippen LogP contribution >= 0.6 is 0 Å². The van der Waals surface area contributed by atoms with Gasteiger partial charge in [0.05, 0.1) is 0 Å². The highest BCUT2D eigenvalue weighted by Gasteiger charge is 2.41. The summed E-state index contributed by atoms with van der Waals surface area (Å²) in [6.07, 6.45) is 1.63. The van der Waals surface area contributed by atoms with Gasteiger partial charge in [0.1, 0.15) is 6.04 Å². The molecule has 3 aliphatic heterocycles. The van der Waals surface area contributed by atoms with Crippen LogP contribution in [0.5, 0.6) is 0 Å². The highest BCUT2D eigenvalue weighted by Crippen LogP contribution is 2.32. The third kappa shape index (κ3) is 3.22. The van der Waals surface area contributed by atoms with E-state index < -0.39 is 6.04 Å². The van der Waals surface area contributed by atoms with Crippen molar-refractivity contribution in [3.05, 3.63) is 34.9 Å². The second-order valence-electron chi connectivity index (χ2n) is 8.69. The summed E-state index contributed by atoms with van der Waals surface area (Å²) in [5.74, 6) is -0.342. The molecule has 7 nitrogen and oxygen atoms in total. The Hall–Kier alpha value is -2.25. The van der Waals surface area contributed by atoms with Crippen molar-refractivity contribution in [2.45, 2.75) is 57.8 Å². The molecule has 4 rings (SSSR count). The molecule has 3 N–H and O–H groups in total. The van der Waals surface area contributed by atoms with Gasteiger partial charge in [-0.2, -0.15) is 0 Å². The van der Waals surface area contributed by atoms with Gasteiger partial charge in [0, 0.05) is 43.7 Å². The molecule has 28 heavy (non-hydrogen) atoms. The van der Waals surface area contributed by atoms with E-state index in [4.69, 9.17) is 5.73 Å². The second-order valence-corrected chi connectivity index (χ2v) is 8.69. The monoisotopic (exact) mass is 384 g/mol. The quantitative estimate of drug-likeness (QED) is 0.756. The van der Waals surface area contributed by atoms with E-state index in [2.05, 4.69) is 30.1 Å². The molecule has 0 saturated carbocycles. The van der Waals surface area contributed by atoms with Crippen molar-refractivity contribution in [3.63, 3.8) is 0 Å². The number of nitrogens with two attached hydrogens (primary N) is 1. The molecule has 2 saturated heterocycles. The minimum Gasteiger partial charge on any atom is -0.324 e. The minimum atomic E-state index is -0.574. The molecule has 3 amide bonds. The molecule has 0 aliphatic carbocycles. The lowest BCUT2D eigenvalue weighted by atomic mass is 9.87. The van der Waals surface area contributed by atoms with Gasteiger partial charge in [0.2, 0.25) is 11.8 Å². The van der Waals surface area contributed by atoms with E-state index in [0.717, 1.165) is 37.2 Å². The number of fused-ring (bicyclic) bond motifs is 1. The fourth-order valence-corrected chi connectivity index (χ4v) is 4.59. The average Bonchev–Trinajstić information content (AvgIpc) is 3.18. The molecule has 7 heteroatoms. The van der Waals surface area contributed by atoms with Crippen LogP contribution in [0.2, 0.25) is 0 Å². The molecule has 0 aromatic heterocycles. The molecule has 2 atom stereocenters. The van der Waals surface area contributed by atoms with E-state index in [1.165, 1.54) is 0 Å². The van der Waals surface area contributed by atoms with E-state index in [1.807, 2.05) is 12.1 Å². The molecule has 3 heterocycles. The zero-order chi connectivity index (χ0) is 20.1. The topological polar surface area (TPSA) is 95.7 Å². The molecule has 3 aliphatic rings. The summed E-state index contributed by atoms with van der Waals surface area (Å²) in [5.41, 5.74) is 9.18. The summed E-state index contributed by atoms with van der Waals surface area (Å²) in [6.45, 7) is 7.30. The second kappa shape index (κ2) is 6.97. The summed E-state index contributed by atoms with van der Waals surface area (Å²) >= 11 is 0. The van der Waals surface area contributed by atoms with Crippen LogP contribution in [0.3, 0.4) is 0 Å². The fraction of sp³-hybridized carbons (Fsp3) is 0.571. The number of imide groups is 1.